The summed E-state index contributed by atoms with van der Waals surface area (Å²) in [6, 6.07) is 11.3. The Labute approximate surface area is 233 Å². The Morgan fingerprint density at radius 3 is 2.46 bits per heavy atom. The number of piperazine rings is 1. The van der Waals surface area contributed by atoms with Crippen LogP contribution >= 0.6 is 0 Å². The molecule has 41 heavy (non-hydrogen) atoms. The van der Waals surface area contributed by atoms with Crippen LogP contribution in [0.5, 0.6) is 11.6 Å². The van der Waals surface area contributed by atoms with Crippen molar-refractivity contribution >= 4 is 23.1 Å². The molecule has 9 nitrogen and oxygen atoms in total. The molecule has 13 heteroatoms. The highest BCUT2D eigenvalue weighted by atomic mass is 19.4. The van der Waals surface area contributed by atoms with Crippen LogP contribution in [0.3, 0.4) is 0 Å². The normalized spacial score (nSPS) is 14.1. The predicted octanol–water partition coefficient (Wildman–Crippen LogP) is 5.83. The number of rotatable bonds is 6. The molecule has 0 bridgehead atoms. The number of aromatic nitrogens is 3. The van der Waals surface area contributed by atoms with Gasteiger partial charge in [0.2, 0.25) is 5.88 Å². The van der Waals surface area contributed by atoms with Crippen molar-refractivity contribution in [3.05, 3.63) is 78.4 Å². The highest BCUT2D eigenvalue weighted by Gasteiger charge is 2.32. The largest absolute Gasteiger partial charge is 0.439 e. The first-order valence-corrected chi connectivity index (χ1v) is 12.7. The van der Waals surface area contributed by atoms with Crippen molar-refractivity contribution in [2.75, 3.05) is 48.8 Å². The summed E-state index contributed by atoms with van der Waals surface area (Å²) >= 11 is 0. The van der Waals surface area contributed by atoms with Crippen molar-refractivity contribution in [2.24, 2.45) is 7.05 Å². The lowest BCUT2D eigenvalue weighted by molar-refractivity contribution is -0.137. The minimum atomic E-state index is -4.62. The van der Waals surface area contributed by atoms with Crippen LogP contribution in [-0.4, -0.2) is 58.9 Å². The molecule has 0 atom stereocenters. The Bertz CT molecular complexity index is 1550. The average Bonchev–Trinajstić information content (AvgIpc) is 3.37. The third kappa shape index (κ3) is 6.92. The van der Waals surface area contributed by atoms with Crippen molar-refractivity contribution in [1.82, 2.24) is 19.7 Å². The molecule has 0 radical (unpaired) electrons. The lowest BCUT2D eigenvalue weighted by atomic mass is 10.1. The molecule has 2 N–H and O–H groups in total. The van der Waals surface area contributed by atoms with Crippen LogP contribution in [-0.2, 0) is 13.2 Å². The van der Waals surface area contributed by atoms with Crippen molar-refractivity contribution < 1.29 is 27.1 Å². The van der Waals surface area contributed by atoms with E-state index in [4.69, 9.17) is 4.74 Å². The molecule has 1 fully saturated rings. The molecule has 3 heterocycles. The first-order chi connectivity index (χ1) is 19.5. The summed E-state index contributed by atoms with van der Waals surface area (Å²) in [6.07, 6.45) is -1.16. The van der Waals surface area contributed by atoms with E-state index < -0.39 is 23.6 Å². The third-order valence-electron chi connectivity index (χ3n) is 6.50. The molecule has 2 aromatic heterocycles. The van der Waals surface area contributed by atoms with Crippen molar-refractivity contribution in [3.8, 4) is 22.9 Å². The fraction of sp³-hybridized carbons (Fsp3) is 0.250. The second-order valence-electron chi connectivity index (χ2n) is 9.64. The summed E-state index contributed by atoms with van der Waals surface area (Å²) in [6.45, 7) is 2.48. The number of alkyl halides is 3. The number of amides is 2. The molecule has 1 saturated heterocycles. The summed E-state index contributed by atoms with van der Waals surface area (Å²) in [5.41, 5.74) is 0.539. The van der Waals surface area contributed by atoms with E-state index in [2.05, 4.69) is 25.6 Å². The van der Waals surface area contributed by atoms with Crippen LogP contribution < -0.4 is 20.3 Å². The average molecular weight is 570 g/mol. The van der Waals surface area contributed by atoms with Gasteiger partial charge in [0.1, 0.15) is 11.6 Å². The van der Waals surface area contributed by atoms with Crippen LogP contribution in [0.4, 0.5) is 39.4 Å². The van der Waals surface area contributed by atoms with Crippen molar-refractivity contribution in [3.63, 3.8) is 0 Å². The highest BCUT2D eigenvalue weighted by Crippen LogP contribution is 2.35. The molecule has 0 saturated carbocycles. The number of aryl methyl sites for hydroxylation is 1. The molecule has 1 aliphatic heterocycles. The van der Waals surface area contributed by atoms with Crippen molar-refractivity contribution in [2.45, 2.75) is 6.18 Å². The Hall–Kier alpha value is -4.65. The zero-order valence-corrected chi connectivity index (χ0v) is 22.2. The molecule has 214 valence electrons. The molecule has 0 unspecified atom stereocenters. The quantitative estimate of drug-likeness (QED) is 0.284. The van der Waals surface area contributed by atoms with Gasteiger partial charge in [-0.05, 0) is 43.4 Å². The van der Waals surface area contributed by atoms with Crippen LogP contribution in [0.25, 0.3) is 11.3 Å². The molecule has 5 rings (SSSR count). The zero-order valence-electron chi connectivity index (χ0n) is 22.2. The van der Waals surface area contributed by atoms with E-state index >= 15 is 0 Å². The van der Waals surface area contributed by atoms with E-state index in [1.807, 2.05) is 11.9 Å². The number of nitrogens with one attached hydrogen (secondary N) is 2. The second-order valence-corrected chi connectivity index (χ2v) is 9.64. The zero-order chi connectivity index (χ0) is 29.1. The molecule has 2 amide bonds. The van der Waals surface area contributed by atoms with Gasteiger partial charge in [-0.3, -0.25) is 4.68 Å². The van der Waals surface area contributed by atoms with E-state index in [0.717, 1.165) is 23.8 Å². The molecule has 2 aromatic carbocycles. The molecular formula is C28H27F4N7O2. The number of benzene rings is 2. The van der Waals surface area contributed by atoms with Crippen LogP contribution in [0.1, 0.15) is 5.56 Å². The topological polar surface area (TPSA) is 87.5 Å². The minimum absolute atomic E-state index is 0.0736. The maximum Gasteiger partial charge on any atom is 0.416 e. The molecule has 0 spiro atoms. The molecular weight excluding hydrogens is 542 g/mol. The van der Waals surface area contributed by atoms with E-state index in [1.165, 1.54) is 18.2 Å². The monoisotopic (exact) mass is 569 g/mol. The van der Waals surface area contributed by atoms with Gasteiger partial charge in [0.15, 0.2) is 0 Å². The molecule has 0 aliphatic carbocycles. The van der Waals surface area contributed by atoms with Gasteiger partial charge in [0, 0.05) is 68.5 Å². The van der Waals surface area contributed by atoms with E-state index in [0.29, 0.717) is 37.6 Å². The number of ether oxygens (including phenoxy) is 1. The summed E-state index contributed by atoms with van der Waals surface area (Å²) in [5.74, 6) is -0.338. The van der Waals surface area contributed by atoms with Gasteiger partial charge in [-0.25, -0.2) is 14.2 Å². The van der Waals surface area contributed by atoms with Gasteiger partial charge in [-0.2, -0.15) is 18.3 Å². The number of likely N-dealkylation sites (N-methyl/N-ethyl adjacent to an activating group) is 1. The minimum Gasteiger partial charge on any atom is -0.439 e. The first kappa shape index (κ1) is 27.9. The number of hydrogen-bond donors (Lipinski definition) is 2. The van der Waals surface area contributed by atoms with Gasteiger partial charge in [0.25, 0.3) is 0 Å². The summed E-state index contributed by atoms with van der Waals surface area (Å²) in [4.78, 5) is 21.1. The lowest BCUT2D eigenvalue weighted by Crippen LogP contribution is -2.44. The number of nitrogens with zero attached hydrogens (tertiary/aromatic N) is 5. The van der Waals surface area contributed by atoms with Crippen LogP contribution in [0.15, 0.2) is 67.0 Å². The van der Waals surface area contributed by atoms with Crippen LogP contribution in [0, 0.1) is 5.82 Å². The number of hydrogen-bond acceptors (Lipinski definition) is 6. The van der Waals surface area contributed by atoms with Gasteiger partial charge < -0.3 is 25.2 Å². The Kier molecular flexibility index (Phi) is 7.79. The summed E-state index contributed by atoms with van der Waals surface area (Å²) in [7, 11) is 3.72. The first-order valence-electron chi connectivity index (χ1n) is 12.7. The van der Waals surface area contributed by atoms with Gasteiger partial charge in [0.05, 0.1) is 23.1 Å². The third-order valence-corrected chi connectivity index (χ3v) is 6.50. The van der Waals surface area contributed by atoms with Gasteiger partial charge in [-0.1, -0.05) is 6.07 Å². The smallest absolute Gasteiger partial charge is 0.416 e. The fourth-order valence-corrected chi connectivity index (χ4v) is 4.35. The second kappa shape index (κ2) is 11.5. The van der Waals surface area contributed by atoms with Gasteiger partial charge in [-0.15, -0.1) is 0 Å². The molecule has 4 aromatic rings. The number of carbonyl (C=O) groups is 1. The standard InChI is InChI=1S/C28H27F4N7O2/c1-37-8-10-39(11-9-37)21-13-19(28(30,31)32)12-20(14-21)34-27(40)36-25-15-22(6-7-23(25)29)41-26-5-3-4-24(35-26)18-16-33-38(2)17-18/h3-7,12-17H,8-11H2,1-2H3,(H2,34,36,40). The summed E-state index contributed by atoms with van der Waals surface area (Å²) < 4.78 is 62.9. The Balaban J connectivity index is 1.31. The number of anilines is 3. The van der Waals surface area contributed by atoms with Crippen LogP contribution in [0.2, 0.25) is 0 Å². The van der Waals surface area contributed by atoms with Gasteiger partial charge >= 0.3 is 12.2 Å². The highest BCUT2D eigenvalue weighted by molar-refractivity contribution is 6.00. The maximum atomic E-state index is 14.6. The number of pyridine rings is 1. The maximum absolute atomic E-state index is 14.6. The fourth-order valence-electron chi connectivity index (χ4n) is 4.35. The van der Waals surface area contributed by atoms with E-state index in [-0.39, 0.29) is 23.0 Å². The SMILES string of the molecule is CN1CCN(c2cc(NC(=O)Nc3cc(Oc4cccc(-c5cnn(C)c5)n4)ccc3F)cc(C(F)(F)F)c2)CC1. The molecule has 1 aliphatic rings. The number of halogens is 4. The lowest BCUT2D eigenvalue weighted by Gasteiger charge is -2.34. The number of urea groups is 1. The van der Waals surface area contributed by atoms with Crippen molar-refractivity contribution in [1.29, 1.82) is 0 Å². The predicted molar refractivity (Wildman–Crippen MR) is 147 cm³/mol. The Morgan fingerprint density at radius 2 is 1.76 bits per heavy atom. The van der Waals surface area contributed by atoms with E-state index in [9.17, 15) is 22.4 Å². The summed E-state index contributed by atoms with van der Waals surface area (Å²) in [5, 5.41) is 8.87. The Morgan fingerprint density at radius 1 is 0.976 bits per heavy atom. The number of carbonyl (C=O) groups excluding carboxylic acids is 1. The van der Waals surface area contributed by atoms with E-state index in [1.54, 1.807) is 42.3 Å².